The van der Waals surface area contributed by atoms with Gasteiger partial charge in [-0.1, -0.05) is 30.7 Å². The van der Waals surface area contributed by atoms with Crippen molar-refractivity contribution in [2.75, 3.05) is 32.7 Å². The molecule has 3 aliphatic heterocycles. The van der Waals surface area contributed by atoms with Crippen LogP contribution in [0.25, 0.3) is 0 Å². The number of rotatable bonds is 4. The number of nitrogens with zero attached hydrogens (tertiary/aromatic N) is 2. The molecule has 3 heterocycles. The van der Waals surface area contributed by atoms with Crippen LogP contribution < -0.4 is 5.32 Å². The highest BCUT2D eigenvalue weighted by atomic mass is 16.2. The molecule has 3 saturated heterocycles. The van der Waals surface area contributed by atoms with E-state index in [1.165, 1.54) is 11.1 Å². The normalized spacial score (nSPS) is 28.3. The minimum absolute atomic E-state index is 0.165. The second kappa shape index (κ2) is 8.01. The Morgan fingerprint density at radius 3 is 2.89 bits per heavy atom. The molecule has 0 bridgehead atoms. The van der Waals surface area contributed by atoms with Crippen LogP contribution in [0, 0.1) is 18.8 Å². The summed E-state index contributed by atoms with van der Waals surface area (Å²) in [5.74, 6) is 1.46. The molecule has 1 aromatic rings. The Morgan fingerprint density at radius 1 is 1.19 bits per heavy atom. The van der Waals surface area contributed by atoms with Crippen LogP contribution in [0.3, 0.4) is 0 Å². The van der Waals surface area contributed by atoms with Crippen molar-refractivity contribution in [1.82, 2.24) is 15.1 Å². The van der Waals surface area contributed by atoms with E-state index in [-0.39, 0.29) is 17.9 Å². The zero-order valence-electron chi connectivity index (χ0n) is 16.3. The van der Waals surface area contributed by atoms with Crippen molar-refractivity contribution in [3.8, 4) is 0 Å². The lowest BCUT2D eigenvalue weighted by Crippen LogP contribution is -2.38. The van der Waals surface area contributed by atoms with E-state index in [4.69, 9.17) is 0 Å². The van der Waals surface area contributed by atoms with Gasteiger partial charge in [0.05, 0.1) is 6.04 Å². The molecule has 0 aromatic heterocycles. The monoisotopic (exact) mass is 369 g/mol. The molecule has 27 heavy (non-hydrogen) atoms. The number of hydrogen-bond acceptors (Lipinski definition) is 3. The molecular weight excluding hydrogens is 338 g/mol. The summed E-state index contributed by atoms with van der Waals surface area (Å²) in [6, 6.07) is 8.63. The Hall–Kier alpha value is -1.88. The highest BCUT2D eigenvalue weighted by Crippen LogP contribution is 2.43. The summed E-state index contributed by atoms with van der Waals surface area (Å²) in [6.45, 7) is 6.34. The molecule has 0 unspecified atom stereocenters. The molecule has 1 N–H and O–H groups in total. The SMILES string of the molecule is Cc1ccccc1[C@@H]1[C@H]2CNC[C@H]2CN1C(=O)CCN1CCCCCC1=O. The van der Waals surface area contributed by atoms with E-state index in [1.807, 2.05) is 4.90 Å². The molecule has 0 saturated carbocycles. The zero-order chi connectivity index (χ0) is 18.8. The topological polar surface area (TPSA) is 52.7 Å². The molecule has 0 radical (unpaired) electrons. The molecular formula is C22H31N3O2. The fraction of sp³-hybridized carbons (Fsp3) is 0.636. The summed E-state index contributed by atoms with van der Waals surface area (Å²) in [5, 5.41) is 3.51. The second-order valence-electron chi connectivity index (χ2n) is 8.37. The summed E-state index contributed by atoms with van der Waals surface area (Å²) in [7, 11) is 0. The van der Waals surface area contributed by atoms with Gasteiger partial charge in [0.1, 0.15) is 0 Å². The number of hydrogen-bond donors (Lipinski definition) is 1. The number of fused-ring (bicyclic) bond motifs is 1. The van der Waals surface area contributed by atoms with Gasteiger partial charge in [-0.05, 0) is 36.8 Å². The fourth-order valence-corrected chi connectivity index (χ4v) is 5.14. The number of carbonyl (C=O) groups is 2. The average Bonchev–Trinajstić information content (AvgIpc) is 3.19. The highest BCUT2D eigenvalue weighted by Gasteiger charge is 2.46. The summed E-state index contributed by atoms with van der Waals surface area (Å²) in [5.41, 5.74) is 2.54. The summed E-state index contributed by atoms with van der Waals surface area (Å²) < 4.78 is 0. The third kappa shape index (κ3) is 3.75. The predicted molar refractivity (Wildman–Crippen MR) is 105 cm³/mol. The minimum atomic E-state index is 0.165. The van der Waals surface area contributed by atoms with E-state index >= 15 is 0 Å². The highest BCUT2D eigenvalue weighted by molar-refractivity contribution is 5.80. The van der Waals surface area contributed by atoms with Gasteiger partial charge in [0.25, 0.3) is 0 Å². The van der Waals surface area contributed by atoms with Gasteiger partial charge >= 0.3 is 0 Å². The maximum Gasteiger partial charge on any atom is 0.224 e. The standard InChI is InChI=1S/C22H31N3O2/c1-16-7-4-5-8-18(16)22-19-14-23-13-17(19)15-25(22)21(27)10-12-24-11-6-2-3-9-20(24)26/h4-5,7-8,17,19,22-23H,2-3,6,9-15H2,1H3/t17-,19-,22+/m0/s1. The van der Waals surface area contributed by atoms with Gasteiger partial charge in [-0.3, -0.25) is 9.59 Å². The average molecular weight is 370 g/mol. The lowest BCUT2D eigenvalue weighted by atomic mass is 9.87. The maximum atomic E-state index is 13.2. The zero-order valence-corrected chi connectivity index (χ0v) is 16.3. The van der Waals surface area contributed by atoms with E-state index in [0.717, 1.165) is 45.4 Å². The number of likely N-dealkylation sites (tertiary alicyclic amines) is 2. The van der Waals surface area contributed by atoms with Crippen LogP contribution in [0.4, 0.5) is 0 Å². The van der Waals surface area contributed by atoms with Crippen molar-refractivity contribution in [3.05, 3.63) is 35.4 Å². The van der Waals surface area contributed by atoms with E-state index in [9.17, 15) is 9.59 Å². The molecule has 146 valence electrons. The van der Waals surface area contributed by atoms with Crippen molar-refractivity contribution < 1.29 is 9.59 Å². The second-order valence-corrected chi connectivity index (χ2v) is 8.37. The Kier molecular flexibility index (Phi) is 5.48. The van der Waals surface area contributed by atoms with Crippen molar-refractivity contribution in [3.63, 3.8) is 0 Å². The minimum Gasteiger partial charge on any atom is -0.342 e. The first-order valence-corrected chi connectivity index (χ1v) is 10.5. The molecule has 2 amide bonds. The van der Waals surface area contributed by atoms with Gasteiger partial charge in [0.15, 0.2) is 0 Å². The van der Waals surface area contributed by atoms with Gasteiger partial charge in [-0.15, -0.1) is 0 Å². The van der Waals surface area contributed by atoms with Crippen LogP contribution >= 0.6 is 0 Å². The van der Waals surface area contributed by atoms with Crippen molar-refractivity contribution in [2.45, 2.75) is 45.1 Å². The van der Waals surface area contributed by atoms with Crippen molar-refractivity contribution >= 4 is 11.8 Å². The van der Waals surface area contributed by atoms with Gasteiger partial charge in [0, 0.05) is 51.5 Å². The van der Waals surface area contributed by atoms with Crippen molar-refractivity contribution in [2.24, 2.45) is 11.8 Å². The lowest BCUT2D eigenvalue weighted by Gasteiger charge is -2.30. The van der Waals surface area contributed by atoms with E-state index in [0.29, 0.717) is 31.2 Å². The predicted octanol–water partition coefficient (Wildman–Crippen LogP) is 2.51. The van der Waals surface area contributed by atoms with Crippen LogP contribution in [-0.4, -0.2) is 54.3 Å². The summed E-state index contributed by atoms with van der Waals surface area (Å²) in [6.07, 6.45) is 4.25. The molecule has 0 aliphatic carbocycles. The third-order valence-electron chi connectivity index (χ3n) is 6.66. The summed E-state index contributed by atoms with van der Waals surface area (Å²) in [4.78, 5) is 29.4. The number of benzene rings is 1. The van der Waals surface area contributed by atoms with E-state index in [2.05, 4.69) is 41.4 Å². The van der Waals surface area contributed by atoms with Gasteiger partial charge in [0.2, 0.25) is 11.8 Å². The molecule has 5 heteroatoms. The van der Waals surface area contributed by atoms with Crippen molar-refractivity contribution in [1.29, 1.82) is 0 Å². The van der Waals surface area contributed by atoms with Gasteiger partial charge in [-0.2, -0.15) is 0 Å². The number of amides is 2. The molecule has 5 nitrogen and oxygen atoms in total. The smallest absolute Gasteiger partial charge is 0.224 e. The molecule has 0 spiro atoms. The summed E-state index contributed by atoms with van der Waals surface area (Å²) >= 11 is 0. The molecule has 3 aliphatic rings. The molecule has 1 aromatic carbocycles. The van der Waals surface area contributed by atoms with Crippen LogP contribution in [0.5, 0.6) is 0 Å². The van der Waals surface area contributed by atoms with Gasteiger partial charge < -0.3 is 15.1 Å². The largest absolute Gasteiger partial charge is 0.342 e. The number of carbonyl (C=O) groups excluding carboxylic acids is 2. The fourth-order valence-electron chi connectivity index (χ4n) is 5.14. The Labute approximate surface area is 162 Å². The van der Waals surface area contributed by atoms with E-state index in [1.54, 1.807) is 0 Å². The third-order valence-corrected chi connectivity index (χ3v) is 6.66. The molecule has 3 atom stereocenters. The molecule has 4 rings (SSSR count). The van der Waals surface area contributed by atoms with Crippen LogP contribution in [-0.2, 0) is 9.59 Å². The quantitative estimate of drug-likeness (QED) is 0.887. The Bertz CT molecular complexity index is 705. The Balaban J connectivity index is 1.48. The first-order valence-electron chi connectivity index (χ1n) is 10.5. The van der Waals surface area contributed by atoms with Crippen LogP contribution in [0.2, 0.25) is 0 Å². The molecule has 3 fully saturated rings. The maximum absolute atomic E-state index is 13.2. The van der Waals surface area contributed by atoms with E-state index < -0.39 is 0 Å². The van der Waals surface area contributed by atoms with Crippen LogP contribution in [0.1, 0.15) is 49.3 Å². The number of nitrogens with one attached hydrogen (secondary N) is 1. The lowest BCUT2D eigenvalue weighted by molar-refractivity contribution is -0.135. The number of aryl methyl sites for hydroxylation is 1. The van der Waals surface area contributed by atoms with Gasteiger partial charge in [-0.25, -0.2) is 0 Å². The Morgan fingerprint density at radius 2 is 2.04 bits per heavy atom. The first kappa shape index (κ1) is 18.5. The van der Waals surface area contributed by atoms with Crippen LogP contribution in [0.15, 0.2) is 24.3 Å². The first-order chi connectivity index (χ1) is 13.1.